The molecule has 5 heteroatoms. The summed E-state index contributed by atoms with van der Waals surface area (Å²) in [6, 6.07) is 5.84. The van der Waals surface area contributed by atoms with Gasteiger partial charge in [-0.1, -0.05) is 0 Å². The third kappa shape index (κ3) is 1.94. The molecule has 1 aromatic rings. The van der Waals surface area contributed by atoms with Gasteiger partial charge in [-0.15, -0.1) is 0 Å². The van der Waals surface area contributed by atoms with Gasteiger partial charge in [-0.2, -0.15) is 17.0 Å². The number of ketones is 1. The number of fused-ring (bicyclic) bond motifs is 1. The molecule has 1 saturated heterocycles. The molecular formula is C16H13N3OS. The molecule has 1 aliphatic carbocycles. The average molecular weight is 295 g/mol. The summed E-state index contributed by atoms with van der Waals surface area (Å²) < 4.78 is 0. The zero-order valence-electron chi connectivity index (χ0n) is 11.4. The molecule has 4 nitrogen and oxygen atoms in total. The number of rotatable bonds is 1. The van der Waals surface area contributed by atoms with E-state index in [0.29, 0.717) is 12.1 Å². The van der Waals surface area contributed by atoms with Crippen LogP contribution >= 0.6 is 11.8 Å². The molecule has 2 aliphatic heterocycles. The monoisotopic (exact) mass is 295 g/mol. The van der Waals surface area contributed by atoms with Crippen LogP contribution in [0.4, 0.5) is 0 Å². The van der Waals surface area contributed by atoms with Crippen LogP contribution in [-0.4, -0.2) is 27.5 Å². The Morgan fingerprint density at radius 2 is 2.24 bits per heavy atom. The van der Waals surface area contributed by atoms with Crippen LogP contribution in [0.1, 0.15) is 36.4 Å². The predicted molar refractivity (Wildman–Crippen MR) is 81.3 cm³/mol. The zero-order valence-corrected chi connectivity index (χ0v) is 12.2. The van der Waals surface area contributed by atoms with Crippen molar-refractivity contribution >= 4 is 23.3 Å². The first-order valence-electron chi connectivity index (χ1n) is 7.09. The number of pyridine rings is 1. The van der Waals surface area contributed by atoms with Gasteiger partial charge in [0.15, 0.2) is 5.78 Å². The van der Waals surface area contributed by atoms with E-state index >= 15 is 0 Å². The van der Waals surface area contributed by atoms with Crippen molar-refractivity contribution in [1.29, 1.82) is 5.26 Å². The molecule has 0 amide bonds. The fraction of sp³-hybridized carbons (Fsp3) is 0.375. The number of hydrogen-bond donors (Lipinski definition) is 0. The maximum absolute atomic E-state index is 12.3. The molecule has 3 aliphatic rings. The highest BCUT2D eigenvalue weighted by molar-refractivity contribution is 8.01. The summed E-state index contributed by atoms with van der Waals surface area (Å²) >= 11 is 1.87. The van der Waals surface area contributed by atoms with Crippen LogP contribution in [-0.2, 0) is 4.79 Å². The van der Waals surface area contributed by atoms with Gasteiger partial charge in [0.2, 0.25) is 0 Å². The molecule has 2 atom stereocenters. The van der Waals surface area contributed by atoms with Crippen LogP contribution in [0.2, 0.25) is 0 Å². The molecule has 0 radical (unpaired) electrons. The topological polar surface area (TPSA) is 66.1 Å². The van der Waals surface area contributed by atoms with E-state index < -0.39 is 0 Å². The zero-order chi connectivity index (χ0) is 14.4. The molecule has 2 unspecified atom stereocenters. The quantitative estimate of drug-likeness (QED) is 0.798. The molecule has 1 aromatic heterocycles. The highest BCUT2D eigenvalue weighted by Crippen LogP contribution is 2.48. The second kappa shape index (κ2) is 4.81. The summed E-state index contributed by atoms with van der Waals surface area (Å²) in [6.07, 6.45) is 4.01. The highest BCUT2D eigenvalue weighted by atomic mass is 32.2. The number of aliphatic imine (C=N–C) groups is 1. The first-order valence-corrected chi connectivity index (χ1v) is 8.14. The average Bonchev–Trinajstić information content (AvgIpc) is 3.12. The lowest BCUT2D eigenvalue weighted by molar-refractivity contribution is -0.115. The Labute approximate surface area is 127 Å². The van der Waals surface area contributed by atoms with Gasteiger partial charge >= 0.3 is 0 Å². The van der Waals surface area contributed by atoms with Crippen LogP contribution in [0.15, 0.2) is 34.6 Å². The third-order valence-corrected chi connectivity index (χ3v) is 5.68. The van der Waals surface area contributed by atoms with Gasteiger partial charge < -0.3 is 0 Å². The van der Waals surface area contributed by atoms with Gasteiger partial charge in [0, 0.05) is 35.5 Å². The van der Waals surface area contributed by atoms with E-state index in [1.807, 2.05) is 23.9 Å². The molecule has 0 saturated carbocycles. The molecule has 0 bridgehead atoms. The molecule has 0 spiro atoms. The highest BCUT2D eigenvalue weighted by Gasteiger charge is 2.43. The number of nitriles is 1. The molecule has 104 valence electrons. The summed E-state index contributed by atoms with van der Waals surface area (Å²) in [5.41, 5.74) is 4.51. The predicted octanol–water partition coefficient (Wildman–Crippen LogP) is 2.61. The number of Topliss-reactive ketones (excluding diaryl/α,β-unsaturated/α-hetero) is 1. The number of carbonyl (C=O) groups is 1. The maximum Gasteiger partial charge on any atom is 0.161 e. The lowest BCUT2D eigenvalue weighted by Gasteiger charge is -2.28. The lowest BCUT2D eigenvalue weighted by Crippen LogP contribution is -2.28. The van der Waals surface area contributed by atoms with Crippen molar-refractivity contribution in [2.75, 3.05) is 5.75 Å². The van der Waals surface area contributed by atoms with Crippen molar-refractivity contribution in [3.8, 4) is 6.07 Å². The molecule has 0 N–H and O–H groups in total. The molecule has 1 fully saturated rings. The minimum atomic E-state index is 0.0464. The summed E-state index contributed by atoms with van der Waals surface area (Å²) in [4.78, 5) is 21.1. The van der Waals surface area contributed by atoms with Gasteiger partial charge in [0.25, 0.3) is 0 Å². The van der Waals surface area contributed by atoms with Crippen LogP contribution < -0.4 is 0 Å². The summed E-state index contributed by atoms with van der Waals surface area (Å²) in [6.45, 7) is 0. The van der Waals surface area contributed by atoms with Gasteiger partial charge in [-0.3, -0.25) is 9.79 Å². The minimum absolute atomic E-state index is 0.0464. The minimum Gasteiger partial charge on any atom is -0.294 e. The van der Waals surface area contributed by atoms with E-state index in [1.165, 1.54) is 5.71 Å². The molecule has 21 heavy (non-hydrogen) atoms. The first-order chi connectivity index (χ1) is 10.3. The van der Waals surface area contributed by atoms with E-state index in [4.69, 9.17) is 10.3 Å². The van der Waals surface area contributed by atoms with Gasteiger partial charge in [0.05, 0.1) is 5.25 Å². The maximum atomic E-state index is 12.3. The Balaban J connectivity index is 1.87. The van der Waals surface area contributed by atoms with E-state index in [0.717, 1.165) is 35.4 Å². The van der Waals surface area contributed by atoms with Crippen LogP contribution in [0.5, 0.6) is 0 Å². The Morgan fingerprint density at radius 3 is 3.10 bits per heavy atom. The normalized spacial score (nSPS) is 27.2. The van der Waals surface area contributed by atoms with E-state index in [1.54, 1.807) is 6.20 Å². The van der Waals surface area contributed by atoms with Crippen LogP contribution in [0, 0.1) is 11.3 Å². The number of nitrogens with zero attached hydrogens (tertiary/aromatic N) is 3. The molecule has 0 aromatic carbocycles. The van der Waals surface area contributed by atoms with Gasteiger partial charge in [0.1, 0.15) is 11.8 Å². The van der Waals surface area contributed by atoms with E-state index in [-0.39, 0.29) is 17.0 Å². The van der Waals surface area contributed by atoms with E-state index in [2.05, 4.69) is 11.1 Å². The Morgan fingerprint density at radius 1 is 1.33 bits per heavy atom. The van der Waals surface area contributed by atoms with Crippen LogP contribution in [0.3, 0.4) is 0 Å². The number of allylic oxidation sites excluding steroid dienone is 2. The molecular weight excluding hydrogens is 282 g/mol. The Hall–Kier alpha value is -1.93. The lowest BCUT2D eigenvalue weighted by atomic mass is 9.83. The standard InChI is InChI=1S/C16H13N3OS/c17-8-10-7-9(3-5-18-10)14-15-11(1-2-13(15)20)19-12-4-6-21-16(12)14/h3,5,7,14,16H,1-2,4,6H2. The number of thioether (sulfide) groups is 1. The fourth-order valence-electron chi connectivity index (χ4n) is 3.44. The number of aromatic nitrogens is 1. The van der Waals surface area contributed by atoms with Crippen LogP contribution in [0.25, 0.3) is 0 Å². The van der Waals surface area contributed by atoms with Crippen molar-refractivity contribution in [3.05, 3.63) is 40.9 Å². The van der Waals surface area contributed by atoms with Crippen molar-refractivity contribution in [3.63, 3.8) is 0 Å². The number of carbonyl (C=O) groups excluding carboxylic acids is 1. The Bertz CT molecular complexity index is 744. The number of hydrogen-bond acceptors (Lipinski definition) is 5. The van der Waals surface area contributed by atoms with E-state index in [9.17, 15) is 4.79 Å². The summed E-state index contributed by atoms with van der Waals surface area (Å²) in [7, 11) is 0. The molecule has 4 rings (SSSR count). The summed E-state index contributed by atoms with van der Waals surface area (Å²) in [5.74, 6) is 1.33. The third-order valence-electron chi connectivity index (χ3n) is 4.33. The SMILES string of the molecule is N#Cc1cc(C2C3=C(CCC3=O)N=C3CCSC32)ccn1. The Kier molecular flexibility index (Phi) is 2.93. The van der Waals surface area contributed by atoms with Crippen molar-refractivity contribution in [2.24, 2.45) is 4.99 Å². The first kappa shape index (κ1) is 12.8. The summed E-state index contributed by atoms with van der Waals surface area (Å²) in [5, 5.41) is 9.32. The second-order valence-electron chi connectivity index (χ2n) is 5.49. The van der Waals surface area contributed by atoms with Crippen molar-refractivity contribution < 1.29 is 4.79 Å². The smallest absolute Gasteiger partial charge is 0.161 e. The van der Waals surface area contributed by atoms with Crippen molar-refractivity contribution in [1.82, 2.24) is 4.98 Å². The van der Waals surface area contributed by atoms with Gasteiger partial charge in [-0.05, 0) is 36.3 Å². The largest absolute Gasteiger partial charge is 0.294 e. The fourth-order valence-corrected chi connectivity index (χ4v) is 4.87. The molecule has 3 heterocycles. The second-order valence-corrected chi connectivity index (χ2v) is 6.74. The van der Waals surface area contributed by atoms with Crippen molar-refractivity contribution in [2.45, 2.75) is 30.4 Å². The van der Waals surface area contributed by atoms with Gasteiger partial charge in [-0.25, -0.2) is 4.98 Å².